The van der Waals surface area contributed by atoms with Crippen LogP contribution in [0.25, 0.3) is 0 Å². The maximum atomic E-state index is 2.25. The van der Waals surface area contributed by atoms with E-state index >= 15 is 0 Å². The van der Waals surface area contributed by atoms with Crippen molar-refractivity contribution in [2.75, 3.05) is 0 Å². The lowest BCUT2D eigenvalue weighted by Gasteiger charge is -1.95. The molecule has 1 aliphatic carbocycles. The lowest BCUT2D eigenvalue weighted by atomic mass is 10.1. The van der Waals surface area contributed by atoms with Gasteiger partial charge in [0.1, 0.15) is 0 Å². The Morgan fingerprint density at radius 2 is 1.71 bits per heavy atom. The first-order chi connectivity index (χ1) is 6.93. The second-order valence-electron chi connectivity index (χ2n) is 2.89. The van der Waals surface area contributed by atoms with Crippen molar-refractivity contribution >= 4 is 0 Å². The zero-order chi connectivity index (χ0) is 10.6. The van der Waals surface area contributed by atoms with E-state index in [4.69, 9.17) is 0 Å². The molecule has 1 aliphatic rings. The molecule has 0 aliphatic heterocycles. The largest absolute Gasteiger partial charge is 0.0842 e. The summed E-state index contributed by atoms with van der Waals surface area (Å²) in [7, 11) is 0. The van der Waals surface area contributed by atoms with Crippen molar-refractivity contribution in [1.82, 2.24) is 0 Å². The van der Waals surface area contributed by atoms with Crippen LogP contribution in [0.4, 0.5) is 0 Å². The molecule has 0 heteroatoms. The van der Waals surface area contributed by atoms with E-state index in [0.29, 0.717) is 0 Å². The maximum Gasteiger partial charge on any atom is -0.0308 e. The van der Waals surface area contributed by atoms with E-state index in [-0.39, 0.29) is 0 Å². The summed E-state index contributed by atoms with van der Waals surface area (Å²) in [4.78, 5) is 0. The van der Waals surface area contributed by atoms with E-state index in [0.717, 1.165) is 19.3 Å². The van der Waals surface area contributed by atoms with Crippen LogP contribution >= 0.6 is 0 Å². The van der Waals surface area contributed by atoms with Crippen LogP contribution in [0.3, 0.4) is 0 Å². The fourth-order valence-corrected chi connectivity index (χ4v) is 1.14. The lowest BCUT2D eigenvalue weighted by Crippen LogP contribution is -1.75. The molecule has 1 rings (SSSR count). The van der Waals surface area contributed by atoms with Gasteiger partial charge in [-0.05, 0) is 24.8 Å². The Kier molecular flexibility index (Phi) is 9.30. The van der Waals surface area contributed by atoms with Crippen molar-refractivity contribution < 1.29 is 0 Å². The van der Waals surface area contributed by atoms with Crippen LogP contribution in [0, 0.1) is 0 Å². The Bertz CT molecular complexity index is 226. The van der Waals surface area contributed by atoms with E-state index in [1.807, 2.05) is 13.8 Å². The van der Waals surface area contributed by atoms with E-state index in [9.17, 15) is 0 Å². The molecule has 0 atom stereocenters. The Hall–Kier alpha value is -1.04. The Balaban J connectivity index is 0.000000791. The standard InChI is InChI=1S/C12H16.C2H6/c1-2-12-10-8-6-4-3-5-7-9-11-12;1-2/h3-4,6,8-11H,2,5,7H2,1H3;1-2H3/b4-3-,8-6+,11-9-,12-10-;. The second kappa shape index (κ2) is 10.0. The van der Waals surface area contributed by atoms with Crippen molar-refractivity contribution in [3.63, 3.8) is 0 Å². The third kappa shape index (κ3) is 6.47. The molecule has 0 saturated heterocycles. The molecular formula is C14H22. The summed E-state index contributed by atoms with van der Waals surface area (Å²) < 4.78 is 0. The minimum absolute atomic E-state index is 1.12. The van der Waals surface area contributed by atoms with Gasteiger partial charge in [-0.15, -0.1) is 0 Å². The lowest BCUT2D eigenvalue weighted by molar-refractivity contribution is 1.04. The summed E-state index contributed by atoms with van der Waals surface area (Å²) in [6, 6.07) is 0. The summed E-state index contributed by atoms with van der Waals surface area (Å²) in [6.45, 7) is 6.19. The summed E-state index contributed by atoms with van der Waals surface area (Å²) in [5.74, 6) is 0. The first-order valence-electron chi connectivity index (χ1n) is 5.62. The van der Waals surface area contributed by atoms with E-state index in [2.05, 4.69) is 49.5 Å². The van der Waals surface area contributed by atoms with Crippen LogP contribution in [-0.2, 0) is 0 Å². The highest BCUT2D eigenvalue weighted by atomic mass is 13.9. The average Bonchev–Trinajstić information content (AvgIpc) is 2.28. The highest BCUT2D eigenvalue weighted by Crippen LogP contribution is 2.06. The molecule has 0 amide bonds. The Labute approximate surface area is 88.7 Å². The van der Waals surface area contributed by atoms with Crippen LogP contribution < -0.4 is 0 Å². The molecule has 0 aromatic carbocycles. The topological polar surface area (TPSA) is 0 Å². The Morgan fingerprint density at radius 1 is 1.00 bits per heavy atom. The highest BCUT2D eigenvalue weighted by Gasteiger charge is 1.85. The van der Waals surface area contributed by atoms with Gasteiger partial charge in [-0.3, -0.25) is 0 Å². The SMILES string of the molecule is CC.CCC1=C/C=C/C=C\CC/C=C\1. The third-order valence-electron chi connectivity index (χ3n) is 1.91. The summed E-state index contributed by atoms with van der Waals surface area (Å²) in [5.41, 5.74) is 1.40. The molecule has 0 fully saturated rings. The predicted molar refractivity (Wildman–Crippen MR) is 66.4 cm³/mol. The number of hydrogen-bond acceptors (Lipinski definition) is 0. The highest BCUT2D eigenvalue weighted by molar-refractivity contribution is 5.25. The predicted octanol–water partition coefficient (Wildman–Crippen LogP) is 4.81. The molecule has 78 valence electrons. The minimum Gasteiger partial charge on any atom is -0.0842 e. The van der Waals surface area contributed by atoms with Gasteiger partial charge >= 0.3 is 0 Å². The molecule has 0 heterocycles. The monoisotopic (exact) mass is 190 g/mol. The molecule has 0 unspecified atom stereocenters. The molecule has 0 N–H and O–H groups in total. The van der Waals surface area contributed by atoms with E-state index < -0.39 is 0 Å². The normalized spacial score (nSPS) is 26.1. The Morgan fingerprint density at radius 3 is 2.43 bits per heavy atom. The fraction of sp³-hybridized carbons (Fsp3) is 0.429. The van der Waals surface area contributed by atoms with Gasteiger partial charge in [-0.25, -0.2) is 0 Å². The van der Waals surface area contributed by atoms with E-state index in [1.54, 1.807) is 0 Å². The van der Waals surface area contributed by atoms with Crippen LogP contribution in [0.2, 0.25) is 0 Å². The molecule has 0 nitrogen and oxygen atoms in total. The first kappa shape index (κ1) is 13.0. The molecule has 0 radical (unpaired) electrons. The molecule has 0 spiro atoms. The van der Waals surface area contributed by atoms with Gasteiger partial charge in [0.25, 0.3) is 0 Å². The number of hydrogen-bond donors (Lipinski definition) is 0. The zero-order valence-corrected chi connectivity index (χ0v) is 9.66. The quantitative estimate of drug-likeness (QED) is 0.556. The third-order valence-corrected chi connectivity index (χ3v) is 1.91. The van der Waals surface area contributed by atoms with Crippen LogP contribution in [0.1, 0.15) is 40.0 Å². The van der Waals surface area contributed by atoms with Crippen molar-refractivity contribution in [3.8, 4) is 0 Å². The van der Waals surface area contributed by atoms with Gasteiger partial charge in [-0.1, -0.05) is 63.3 Å². The van der Waals surface area contributed by atoms with Crippen molar-refractivity contribution in [2.24, 2.45) is 0 Å². The summed E-state index contributed by atoms with van der Waals surface area (Å²) >= 11 is 0. The molecule has 0 aromatic rings. The van der Waals surface area contributed by atoms with Gasteiger partial charge in [0, 0.05) is 0 Å². The van der Waals surface area contributed by atoms with Crippen LogP contribution in [0.15, 0.2) is 48.1 Å². The fourth-order valence-electron chi connectivity index (χ4n) is 1.14. The van der Waals surface area contributed by atoms with E-state index in [1.165, 1.54) is 5.57 Å². The van der Waals surface area contributed by atoms with Crippen LogP contribution in [0.5, 0.6) is 0 Å². The van der Waals surface area contributed by atoms with Gasteiger partial charge < -0.3 is 0 Å². The molecule has 14 heavy (non-hydrogen) atoms. The van der Waals surface area contributed by atoms with Gasteiger partial charge in [0.15, 0.2) is 0 Å². The van der Waals surface area contributed by atoms with Gasteiger partial charge in [0.05, 0.1) is 0 Å². The summed E-state index contributed by atoms with van der Waals surface area (Å²) in [5, 5.41) is 0. The van der Waals surface area contributed by atoms with Crippen molar-refractivity contribution in [1.29, 1.82) is 0 Å². The molecule has 0 bridgehead atoms. The van der Waals surface area contributed by atoms with Crippen molar-refractivity contribution in [3.05, 3.63) is 48.1 Å². The first-order valence-corrected chi connectivity index (χ1v) is 5.62. The summed E-state index contributed by atoms with van der Waals surface area (Å²) in [6.07, 6.45) is 18.6. The minimum atomic E-state index is 1.12. The average molecular weight is 190 g/mol. The van der Waals surface area contributed by atoms with Crippen molar-refractivity contribution in [2.45, 2.75) is 40.0 Å². The number of allylic oxidation sites excluding steroid dienone is 8. The smallest absolute Gasteiger partial charge is 0.0308 e. The van der Waals surface area contributed by atoms with Gasteiger partial charge in [-0.2, -0.15) is 0 Å². The van der Waals surface area contributed by atoms with Crippen LogP contribution in [-0.4, -0.2) is 0 Å². The zero-order valence-electron chi connectivity index (χ0n) is 9.66. The molecule has 0 saturated carbocycles. The molecular weight excluding hydrogens is 168 g/mol. The number of rotatable bonds is 1. The maximum absolute atomic E-state index is 2.25. The second-order valence-corrected chi connectivity index (χ2v) is 2.89. The van der Waals surface area contributed by atoms with Gasteiger partial charge in [0.2, 0.25) is 0 Å². The molecule has 0 aromatic heterocycles.